The summed E-state index contributed by atoms with van der Waals surface area (Å²) in [7, 11) is 0. The number of hydrogen-bond acceptors (Lipinski definition) is 5. The third kappa shape index (κ3) is 4.28. The zero-order chi connectivity index (χ0) is 28.4. The van der Waals surface area contributed by atoms with E-state index in [9.17, 15) is 14.4 Å². The van der Waals surface area contributed by atoms with Gasteiger partial charge < -0.3 is 18.6 Å². The Morgan fingerprint density at radius 3 is 2.54 bits per heavy atom. The molecule has 7 heteroatoms. The van der Waals surface area contributed by atoms with Gasteiger partial charge >= 0.3 is 5.63 Å². The number of amides is 2. The van der Waals surface area contributed by atoms with Crippen LogP contribution in [0.5, 0.6) is 0 Å². The fourth-order valence-corrected chi connectivity index (χ4v) is 7.83. The summed E-state index contributed by atoms with van der Waals surface area (Å²) in [6, 6.07) is 12.5. The lowest BCUT2D eigenvalue weighted by Gasteiger charge is -2.52. The summed E-state index contributed by atoms with van der Waals surface area (Å²) >= 11 is 0. The van der Waals surface area contributed by atoms with Crippen molar-refractivity contribution in [3.8, 4) is 11.1 Å². The van der Waals surface area contributed by atoms with Crippen molar-refractivity contribution in [3.05, 3.63) is 69.3 Å². The van der Waals surface area contributed by atoms with Crippen LogP contribution in [0, 0.1) is 32.6 Å². The van der Waals surface area contributed by atoms with Crippen molar-refractivity contribution < 1.29 is 18.4 Å². The van der Waals surface area contributed by atoms with E-state index < -0.39 is 0 Å². The van der Waals surface area contributed by atoms with Gasteiger partial charge in [0.05, 0.1) is 0 Å². The van der Waals surface area contributed by atoms with Crippen LogP contribution in [0.1, 0.15) is 54.6 Å². The molecule has 7 rings (SSSR count). The Morgan fingerprint density at radius 2 is 1.73 bits per heavy atom. The topological polar surface area (TPSA) is 84.0 Å². The molecule has 0 unspecified atom stereocenters. The van der Waals surface area contributed by atoms with Gasteiger partial charge in [-0.25, -0.2) is 4.79 Å². The molecular formula is C34H36N2O5. The summed E-state index contributed by atoms with van der Waals surface area (Å²) in [5.41, 5.74) is 5.24. The quantitative estimate of drug-likeness (QED) is 0.293. The van der Waals surface area contributed by atoms with E-state index in [-0.39, 0.29) is 29.9 Å². The first-order chi connectivity index (χ1) is 19.8. The highest BCUT2D eigenvalue weighted by Crippen LogP contribution is 2.40. The largest absolute Gasteiger partial charge is 0.460 e. The number of carbonyl (C=O) groups is 2. The molecule has 3 saturated heterocycles. The average molecular weight is 553 g/mol. The molecular weight excluding hydrogens is 516 g/mol. The number of benzene rings is 2. The summed E-state index contributed by atoms with van der Waals surface area (Å²) in [5, 5.41) is 1.87. The molecule has 3 aliphatic heterocycles. The summed E-state index contributed by atoms with van der Waals surface area (Å²) < 4.78 is 12.1. The fraction of sp³-hybridized carbons (Fsp3) is 0.441. The number of likely N-dealkylation sites (tertiary alicyclic amines) is 1. The predicted octanol–water partition coefficient (Wildman–Crippen LogP) is 5.92. The highest BCUT2D eigenvalue weighted by atomic mass is 16.4. The predicted molar refractivity (Wildman–Crippen MR) is 158 cm³/mol. The Kier molecular flexibility index (Phi) is 6.29. The number of furan rings is 1. The first-order valence-electron chi connectivity index (χ1n) is 14.9. The molecule has 2 bridgehead atoms. The van der Waals surface area contributed by atoms with E-state index in [0.717, 1.165) is 70.2 Å². The average Bonchev–Trinajstić information content (AvgIpc) is 3.30. The Morgan fingerprint density at radius 1 is 0.951 bits per heavy atom. The third-order valence-electron chi connectivity index (χ3n) is 9.82. The second kappa shape index (κ2) is 9.89. The van der Waals surface area contributed by atoms with Gasteiger partial charge in [-0.3, -0.25) is 9.59 Å². The maximum atomic E-state index is 13.4. The molecule has 0 spiro atoms. The van der Waals surface area contributed by atoms with Gasteiger partial charge in [0.15, 0.2) is 0 Å². The zero-order valence-electron chi connectivity index (χ0n) is 24.0. The van der Waals surface area contributed by atoms with Crippen molar-refractivity contribution in [3.63, 3.8) is 0 Å². The minimum absolute atomic E-state index is 0.0811. The molecule has 2 aromatic heterocycles. The maximum Gasteiger partial charge on any atom is 0.339 e. The number of rotatable bonds is 4. The van der Waals surface area contributed by atoms with Crippen LogP contribution in [0.4, 0.5) is 0 Å². The molecule has 3 aliphatic rings. The standard InChI is InChI=1S/C34H36N2O5/c1-19-25(12-13-29(37)35-16-22-14-24(18-35)28-10-7-11-30(38)36(28)17-22)34(39)41-32-20(2)33-27(15-26(19)32)31(21(3)40-33)23-8-5-4-6-9-23/h4-6,8-9,15,22,24,28H,7,10-14,16-18H2,1-3H3/t22-,24+,28-/m1/s1. The molecule has 2 amide bonds. The van der Waals surface area contributed by atoms with Gasteiger partial charge in [0.1, 0.15) is 16.9 Å². The van der Waals surface area contributed by atoms with E-state index in [1.807, 2.05) is 43.9 Å². The van der Waals surface area contributed by atoms with Gasteiger partial charge in [0, 0.05) is 66.0 Å². The van der Waals surface area contributed by atoms with E-state index >= 15 is 0 Å². The molecule has 0 aliphatic carbocycles. The Balaban J connectivity index is 1.17. The first kappa shape index (κ1) is 26.1. The van der Waals surface area contributed by atoms with Crippen molar-refractivity contribution in [2.45, 2.75) is 65.3 Å². The molecule has 0 radical (unpaired) electrons. The summed E-state index contributed by atoms with van der Waals surface area (Å²) in [4.78, 5) is 43.2. The van der Waals surface area contributed by atoms with Gasteiger partial charge in [0.2, 0.25) is 11.8 Å². The van der Waals surface area contributed by atoms with Gasteiger partial charge in [-0.05, 0) is 75.5 Å². The monoisotopic (exact) mass is 552 g/mol. The van der Waals surface area contributed by atoms with Crippen LogP contribution < -0.4 is 5.63 Å². The van der Waals surface area contributed by atoms with Crippen LogP contribution in [0.2, 0.25) is 0 Å². The van der Waals surface area contributed by atoms with Gasteiger partial charge in [0.25, 0.3) is 0 Å². The summed E-state index contributed by atoms with van der Waals surface area (Å²) in [6.07, 6.45) is 4.35. The second-order valence-electron chi connectivity index (χ2n) is 12.3. The van der Waals surface area contributed by atoms with Crippen molar-refractivity contribution in [1.29, 1.82) is 0 Å². The van der Waals surface area contributed by atoms with E-state index in [0.29, 0.717) is 48.9 Å². The SMILES string of the molecule is Cc1oc2c(C)c3oc(=O)c(CCC(=O)N4C[C@H]5C[C@@H](C4)[C@H]4CCCC(=O)N4C5)c(C)c3cc2c1-c1ccccc1. The van der Waals surface area contributed by atoms with Crippen LogP contribution in [0.25, 0.3) is 33.1 Å². The van der Waals surface area contributed by atoms with Gasteiger partial charge in [-0.1, -0.05) is 30.3 Å². The van der Waals surface area contributed by atoms with Crippen LogP contribution in [-0.4, -0.2) is 47.3 Å². The minimum atomic E-state index is -0.385. The van der Waals surface area contributed by atoms with Gasteiger partial charge in [-0.2, -0.15) is 0 Å². The molecule has 3 fully saturated rings. The minimum Gasteiger partial charge on any atom is -0.460 e. The van der Waals surface area contributed by atoms with Gasteiger partial charge in [-0.15, -0.1) is 0 Å². The second-order valence-corrected chi connectivity index (χ2v) is 12.3. The number of piperidine rings is 3. The fourth-order valence-electron chi connectivity index (χ4n) is 7.83. The van der Waals surface area contributed by atoms with Crippen molar-refractivity contribution in [2.75, 3.05) is 19.6 Å². The molecule has 5 heterocycles. The molecule has 0 N–H and O–H groups in total. The molecule has 212 valence electrons. The molecule has 2 aromatic carbocycles. The third-order valence-corrected chi connectivity index (χ3v) is 9.82. The van der Waals surface area contributed by atoms with E-state index in [4.69, 9.17) is 8.83 Å². The molecule has 41 heavy (non-hydrogen) atoms. The summed E-state index contributed by atoms with van der Waals surface area (Å²) in [5.74, 6) is 1.88. The van der Waals surface area contributed by atoms with Crippen LogP contribution in [0.3, 0.4) is 0 Å². The van der Waals surface area contributed by atoms with Crippen molar-refractivity contribution in [1.82, 2.24) is 9.80 Å². The van der Waals surface area contributed by atoms with Crippen molar-refractivity contribution >= 4 is 33.8 Å². The van der Waals surface area contributed by atoms with Crippen LogP contribution in [0.15, 0.2) is 50.0 Å². The lowest BCUT2D eigenvalue weighted by Crippen LogP contribution is -2.61. The molecule has 0 saturated carbocycles. The zero-order valence-corrected chi connectivity index (χ0v) is 24.0. The highest BCUT2D eigenvalue weighted by molar-refractivity contribution is 6.05. The van der Waals surface area contributed by atoms with E-state index in [1.165, 1.54) is 0 Å². The van der Waals surface area contributed by atoms with E-state index in [1.54, 1.807) is 0 Å². The first-order valence-corrected chi connectivity index (χ1v) is 14.9. The Labute approximate surface area is 239 Å². The van der Waals surface area contributed by atoms with Crippen LogP contribution in [-0.2, 0) is 16.0 Å². The van der Waals surface area contributed by atoms with Crippen LogP contribution >= 0.6 is 0 Å². The molecule has 3 atom stereocenters. The molecule has 7 nitrogen and oxygen atoms in total. The lowest BCUT2D eigenvalue weighted by molar-refractivity contribution is -0.148. The lowest BCUT2D eigenvalue weighted by atomic mass is 9.76. The van der Waals surface area contributed by atoms with E-state index in [2.05, 4.69) is 23.1 Å². The smallest absolute Gasteiger partial charge is 0.339 e. The number of hydrogen-bond donors (Lipinski definition) is 0. The number of nitrogens with zero attached hydrogens (tertiary/aromatic N) is 2. The maximum absolute atomic E-state index is 13.4. The van der Waals surface area contributed by atoms with Crippen molar-refractivity contribution in [2.24, 2.45) is 11.8 Å². The highest BCUT2D eigenvalue weighted by Gasteiger charge is 2.44. The Hall–Kier alpha value is -3.87. The number of carbonyl (C=O) groups excluding carboxylic acids is 2. The summed E-state index contributed by atoms with van der Waals surface area (Å²) in [6.45, 7) is 8.01. The normalized spacial score (nSPS) is 22.4. The number of aryl methyl sites for hydroxylation is 3. The Bertz CT molecular complexity index is 1750. The molecule has 4 aromatic rings. The number of fused-ring (bicyclic) bond motifs is 6.